The maximum absolute atomic E-state index is 13.1. The van der Waals surface area contributed by atoms with E-state index in [0.717, 1.165) is 76.9 Å². The molecule has 34 heavy (non-hydrogen) atoms. The lowest BCUT2D eigenvalue weighted by Gasteiger charge is -2.34. The number of carbonyl (C=O) groups excluding carboxylic acids is 2. The highest BCUT2D eigenvalue weighted by Gasteiger charge is 2.30. The van der Waals surface area contributed by atoms with E-state index in [4.69, 9.17) is 4.74 Å². The zero-order chi connectivity index (χ0) is 23.9. The second-order valence-corrected chi connectivity index (χ2v) is 10.7. The van der Waals surface area contributed by atoms with Crippen LogP contribution in [0.15, 0.2) is 24.3 Å². The molecule has 1 aromatic rings. The minimum atomic E-state index is -0.298. The molecular weight excluding hydrogens is 431 g/mol. The van der Waals surface area contributed by atoms with Crippen LogP contribution >= 0.6 is 0 Å². The van der Waals surface area contributed by atoms with Crippen molar-refractivity contribution >= 4 is 11.7 Å². The second-order valence-electron chi connectivity index (χ2n) is 10.7. The molecule has 4 rings (SSSR count). The molecule has 1 aromatic carbocycles. The van der Waals surface area contributed by atoms with Crippen molar-refractivity contribution in [2.24, 2.45) is 17.8 Å². The first kappa shape index (κ1) is 25.3. The molecule has 3 aliphatic rings. The molecule has 0 bridgehead atoms. The minimum absolute atomic E-state index is 0.0605. The number of nitrogens with one attached hydrogen (secondary N) is 1. The quantitative estimate of drug-likeness (QED) is 0.542. The maximum atomic E-state index is 13.1. The molecule has 188 valence electrons. The number of likely N-dealkylation sites (tertiary alicyclic amines) is 1. The van der Waals surface area contributed by atoms with Crippen LogP contribution < -0.4 is 5.32 Å². The van der Waals surface area contributed by atoms with Gasteiger partial charge in [-0.1, -0.05) is 0 Å². The van der Waals surface area contributed by atoms with Gasteiger partial charge >= 0.3 is 0 Å². The van der Waals surface area contributed by atoms with Crippen LogP contribution in [0, 0.1) is 23.6 Å². The van der Waals surface area contributed by atoms with Crippen molar-refractivity contribution in [1.82, 2.24) is 10.2 Å². The smallest absolute Gasteiger partial charge is 0.223 e. The number of Topliss-reactive ketones (excluding diaryl/α,β-unsaturated/α-hetero) is 1. The number of piperidine rings is 1. The third-order valence-corrected chi connectivity index (χ3v) is 8.51. The van der Waals surface area contributed by atoms with E-state index >= 15 is 0 Å². The lowest BCUT2D eigenvalue weighted by atomic mass is 9.82. The van der Waals surface area contributed by atoms with Crippen molar-refractivity contribution in [2.45, 2.75) is 82.8 Å². The number of hydrogen-bond acceptors (Lipinski definition) is 4. The fourth-order valence-corrected chi connectivity index (χ4v) is 6.11. The standard InChI is InChI=1S/C28H41FN2O3/c1-34-26-12-6-23(7-13-26)28(33)30-25-10-2-20(3-11-25)14-17-31-18-15-22(16-19-31)27(32)21-4-8-24(29)9-5-21/h4-5,8-9,20,22-23,25-26H,2-3,6-7,10-19H2,1H3,(H,30,33)/t20?,23-,25?,26-. The summed E-state index contributed by atoms with van der Waals surface area (Å²) in [7, 11) is 1.77. The van der Waals surface area contributed by atoms with Gasteiger partial charge in [-0.2, -0.15) is 0 Å². The van der Waals surface area contributed by atoms with E-state index in [9.17, 15) is 14.0 Å². The Morgan fingerprint density at radius 2 is 1.56 bits per heavy atom. The number of halogens is 1. The van der Waals surface area contributed by atoms with Gasteiger partial charge in [0.2, 0.25) is 5.91 Å². The molecule has 0 radical (unpaired) electrons. The van der Waals surface area contributed by atoms with E-state index in [-0.39, 0.29) is 29.3 Å². The molecule has 1 amide bonds. The Morgan fingerprint density at radius 3 is 2.18 bits per heavy atom. The molecule has 6 heteroatoms. The summed E-state index contributed by atoms with van der Waals surface area (Å²) in [6.07, 6.45) is 11.8. The molecule has 2 saturated carbocycles. The van der Waals surface area contributed by atoms with Crippen molar-refractivity contribution < 1.29 is 18.7 Å². The van der Waals surface area contributed by atoms with Gasteiger partial charge in [-0.25, -0.2) is 4.39 Å². The van der Waals surface area contributed by atoms with Gasteiger partial charge in [-0.3, -0.25) is 9.59 Å². The number of amides is 1. The highest BCUT2D eigenvalue weighted by molar-refractivity contribution is 5.97. The number of rotatable bonds is 8. The van der Waals surface area contributed by atoms with E-state index in [0.29, 0.717) is 17.7 Å². The van der Waals surface area contributed by atoms with Gasteiger partial charge in [0.1, 0.15) is 5.82 Å². The van der Waals surface area contributed by atoms with E-state index in [2.05, 4.69) is 10.2 Å². The minimum Gasteiger partial charge on any atom is -0.381 e. The molecule has 1 heterocycles. The molecule has 0 unspecified atom stereocenters. The number of ether oxygens (including phenoxy) is 1. The number of carbonyl (C=O) groups is 2. The number of ketones is 1. The molecule has 2 aliphatic carbocycles. The molecule has 5 nitrogen and oxygen atoms in total. The first-order valence-corrected chi connectivity index (χ1v) is 13.4. The number of methoxy groups -OCH3 is 1. The molecule has 1 N–H and O–H groups in total. The summed E-state index contributed by atoms with van der Waals surface area (Å²) in [5, 5.41) is 3.34. The Kier molecular flexibility index (Phi) is 9.12. The first-order valence-electron chi connectivity index (χ1n) is 13.4. The Balaban J connectivity index is 1.10. The number of nitrogens with zero attached hydrogens (tertiary/aromatic N) is 1. The van der Waals surface area contributed by atoms with Crippen LogP contribution in [0.25, 0.3) is 0 Å². The highest BCUT2D eigenvalue weighted by atomic mass is 19.1. The first-order chi connectivity index (χ1) is 16.5. The average molecular weight is 473 g/mol. The predicted molar refractivity (Wildman–Crippen MR) is 131 cm³/mol. The molecule has 0 aromatic heterocycles. The molecular formula is C28H41FN2O3. The Morgan fingerprint density at radius 1 is 0.912 bits per heavy atom. The second kappa shape index (κ2) is 12.3. The SMILES string of the molecule is CO[C@H]1CC[C@H](C(=O)NC2CCC(CCN3CCC(C(=O)c4ccc(F)cc4)CC3)CC2)CC1. The summed E-state index contributed by atoms with van der Waals surface area (Å²) in [5.74, 6) is 1.09. The predicted octanol–water partition coefficient (Wildman–Crippen LogP) is 4.99. The lowest BCUT2D eigenvalue weighted by Crippen LogP contribution is -2.42. The molecule has 3 fully saturated rings. The Hall–Kier alpha value is -1.79. The largest absolute Gasteiger partial charge is 0.381 e. The number of hydrogen-bond donors (Lipinski definition) is 1. The van der Waals surface area contributed by atoms with E-state index < -0.39 is 0 Å². The van der Waals surface area contributed by atoms with Crippen LogP contribution in [0.2, 0.25) is 0 Å². The van der Waals surface area contributed by atoms with Gasteiger partial charge in [-0.05, 0) is 120 Å². The van der Waals surface area contributed by atoms with Crippen molar-refractivity contribution in [3.8, 4) is 0 Å². The fourth-order valence-electron chi connectivity index (χ4n) is 6.11. The maximum Gasteiger partial charge on any atom is 0.223 e. The van der Waals surface area contributed by atoms with Gasteiger partial charge in [0, 0.05) is 30.6 Å². The molecule has 0 spiro atoms. The average Bonchev–Trinajstić information content (AvgIpc) is 2.88. The van der Waals surface area contributed by atoms with Crippen molar-refractivity contribution in [1.29, 1.82) is 0 Å². The van der Waals surface area contributed by atoms with Crippen LogP contribution in [0.3, 0.4) is 0 Å². The van der Waals surface area contributed by atoms with Crippen molar-refractivity contribution in [3.63, 3.8) is 0 Å². The van der Waals surface area contributed by atoms with Gasteiger partial charge in [0.05, 0.1) is 6.10 Å². The summed E-state index contributed by atoms with van der Waals surface area (Å²) in [5.41, 5.74) is 0.631. The highest BCUT2D eigenvalue weighted by Crippen LogP contribution is 2.30. The topological polar surface area (TPSA) is 58.6 Å². The van der Waals surface area contributed by atoms with E-state index in [1.165, 1.54) is 31.4 Å². The summed E-state index contributed by atoms with van der Waals surface area (Å²) < 4.78 is 18.5. The number of benzene rings is 1. The normalized spacial score (nSPS) is 29.0. The molecule has 1 saturated heterocycles. The monoisotopic (exact) mass is 472 g/mol. The van der Waals surface area contributed by atoms with Crippen molar-refractivity contribution in [3.05, 3.63) is 35.6 Å². The van der Waals surface area contributed by atoms with Crippen LogP contribution in [-0.2, 0) is 9.53 Å². The van der Waals surface area contributed by atoms with E-state index in [1.54, 1.807) is 19.2 Å². The Bertz CT molecular complexity index is 790. The van der Waals surface area contributed by atoms with Crippen molar-refractivity contribution in [2.75, 3.05) is 26.7 Å². The van der Waals surface area contributed by atoms with Crippen LogP contribution in [0.1, 0.15) is 81.0 Å². The lowest BCUT2D eigenvalue weighted by molar-refractivity contribution is -0.127. The van der Waals surface area contributed by atoms with Gasteiger partial charge in [-0.15, -0.1) is 0 Å². The van der Waals surface area contributed by atoms with Gasteiger partial charge in [0.25, 0.3) is 0 Å². The summed E-state index contributed by atoms with van der Waals surface area (Å²) >= 11 is 0. The zero-order valence-corrected chi connectivity index (χ0v) is 20.6. The summed E-state index contributed by atoms with van der Waals surface area (Å²) in [6, 6.07) is 6.30. The summed E-state index contributed by atoms with van der Waals surface area (Å²) in [4.78, 5) is 27.8. The van der Waals surface area contributed by atoms with Crippen LogP contribution in [0.5, 0.6) is 0 Å². The molecule has 0 atom stereocenters. The Labute approximate surface area is 203 Å². The van der Waals surface area contributed by atoms with Crippen LogP contribution in [0.4, 0.5) is 4.39 Å². The zero-order valence-electron chi connectivity index (χ0n) is 20.6. The third-order valence-electron chi connectivity index (χ3n) is 8.51. The van der Waals surface area contributed by atoms with E-state index in [1.807, 2.05) is 0 Å². The molecule has 1 aliphatic heterocycles. The van der Waals surface area contributed by atoms with Crippen LogP contribution in [-0.4, -0.2) is 55.5 Å². The summed E-state index contributed by atoms with van der Waals surface area (Å²) in [6.45, 7) is 3.03. The van der Waals surface area contributed by atoms with Gasteiger partial charge in [0.15, 0.2) is 5.78 Å². The van der Waals surface area contributed by atoms with Gasteiger partial charge < -0.3 is 15.0 Å². The fraction of sp³-hybridized carbons (Fsp3) is 0.714. The third kappa shape index (κ3) is 6.88.